The van der Waals surface area contributed by atoms with E-state index in [1.165, 1.54) is 76.1 Å². The van der Waals surface area contributed by atoms with Gasteiger partial charge in [-0.25, -0.2) is 0 Å². The monoisotopic (exact) mass is 650 g/mol. The van der Waals surface area contributed by atoms with E-state index in [0.717, 1.165) is 0 Å². The molecule has 0 N–H and O–H groups in total. The zero-order valence-corrected chi connectivity index (χ0v) is 29.0. The lowest BCUT2D eigenvalue weighted by molar-refractivity contribution is 1.42. The summed E-state index contributed by atoms with van der Waals surface area (Å²) in [6.07, 6.45) is 0. The summed E-state index contributed by atoms with van der Waals surface area (Å²) < 4.78 is 0. The quantitative estimate of drug-likeness (QED) is 0.151. The molecule has 8 aromatic rings. The highest BCUT2D eigenvalue weighted by Gasteiger charge is 2.31. The molecule has 8 rings (SSSR count). The molecule has 2 unspecified atom stereocenters. The number of hydrogen-bond donors (Lipinski definition) is 0. The lowest BCUT2D eigenvalue weighted by Gasteiger charge is -2.32. The van der Waals surface area contributed by atoms with E-state index in [-0.39, 0.29) is 0 Å². The Bertz CT molecular complexity index is 2370. The third-order valence-corrected chi connectivity index (χ3v) is 16.7. The summed E-state index contributed by atoms with van der Waals surface area (Å²) in [7, 11) is -1.71. The molecule has 0 fully saturated rings. The van der Waals surface area contributed by atoms with Crippen LogP contribution in [0.1, 0.15) is 11.1 Å². The SMILES string of the molecule is Cc1ccccc1-c1c(C)cccc1P(c1ccc2ccccc2c1)P(c1ccc(-c2ccccc2)cc1)c1ccc2ccccc2c1. The fourth-order valence-corrected chi connectivity index (χ4v) is 14.8. The molecule has 0 aliphatic carbocycles. The number of rotatable bonds is 7. The van der Waals surface area contributed by atoms with Gasteiger partial charge in [0.1, 0.15) is 0 Å². The van der Waals surface area contributed by atoms with Crippen LogP contribution < -0.4 is 21.2 Å². The molecule has 0 radical (unpaired) electrons. The summed E-state index contributed by atoms with van der Waals surface area (Å²) in [5, 5.41) is 10.8. The summed E-state index contributed by atoms with van der Waals surface area (Å²) in [5.74, 6) is 0. The van der Waals surface area contributed by atoms with Crippen LogP contribution >= 0.6 is 15.2 Å². The normalized spacial score (nSPS) is 12.6. The number of hydrogen-bond acceptors (Lipinski definition) is 0. The molecule has 2 heteroatoms. The van der Waals surface area contributed by atoms with Crippen LogP contribution in [0.25, 0.3) is 43.8 Å². The molecule has 0 saturated heterocycles. The maximum absolute atomic E-state index is 2.47. The average molecular weight is 651 g/mol. The Morgan fingerprint density at radius 2 is 0.833 bits per heavy atom. The zero-order valence-electron chi connectivity index (χ0n) is 27.2. The molecule has 0 bridgehead atoms. The van der Waals surface area contributed by atoms with Gasteiger partial charge in [0.15, 0.2) is 0 Å². The lowest BCUT2D eigenvalue weighted by atomic mass is 9.97. The molecule has 0 aliphatic rings. The van der Waals surface area contributed by atoms with Crippen LogP contribution in [-0.4, -0.2) is 0 Å². The van der Waals surface area contributed by atoms with E-state index in [4.69, 9.17) is 0 Å². The van der Waals surface area contributed by atoms with Gasteiger partial charge in [-0.1, -0.05) is 170 Å². The van der Waals surface area contributed by atoms with E-state index in [0.29, 0.717) is 0 Å². The van der Waals surface area contributed by atoms with Crippen molar-refractivity contribution in [3.05, 3.63) is 193 Å². The number of benzene rings is 8. The van der Waals surface area contributed by atoms with Crippen molar-refractivity contribution in [2.45, 2.75) is 13.8 Å². The van der Waals surface area contributed by atoms with Crippen molar-refractivity contribution >= 4 is 58.0 Å². The van der Waals surface area contributed by atoms with Gasteiger partial charge in [0.2, 0.25) is 0 Å². The topological polar surface area (TPSA) is 0 Å². The minimum Gasteiger partial charge on any atom is -0.0622 e. The first-order chi connectivity index (χ1) is 23.6. The smallest absolute Gasteiger partial charge is 0.00653 e. The Morgan fingerprint density at radius 1 is 0.333 bits per heavy atom. The van der Waals surface area contributed by atoms with Gasteiger partial charge < -0.3 is 0 Å². The predicted molar refractivity (Wildman–Crippen MR) is 214 cm³/mol. The highest BCUT2D eigenvalue weighted by atomic mass is 32.1. The van der Waals surface area contributed by atoms with Gasteiger partial charge in [0.25, 0.3) is 0 Å². The molecule has 230 valence electrons. The van der Waals surface area contributed by atoms with Gasteiger partial charge in [-0.05, 0) is 117 Å². The minimum absolute atomic E-state index is 0.841. The Labute approximate surface area is 286 Å². The first-order valence-corrected chi connectivity index (χ1v) is 19.9. The van der Waals surface area contributed by atoms with E-state index in [2.05, 4.69) is 196 Å². The molecule has 0 spiro atoms. The molecule has 0 aliphatic heterocycles. The highest BCUT2D eigenvalue weighted by Crippen LogP contribution is 2.67. The summed E-state index contributed by atoms with van der Waals surface area (Å²) in [6.45, 7) is 4.53. The van der Waals surface area contributed by atoms with Gasteiger partial charge in [-0.15, -0.1) is 0 Å². The third-order valence-electron chi connectivity index (χ3n) is 9.27. The van der Waals surface area contributed by atoms with Crippen LogP contribution in [0.5, 0.6) is 0 Å². The first-order valence-electron chi connectivity index (χ1n) is 16.5. The molecule has 48 heavy (non-hydrogen) atoms. The minimum atomic E-state index is -0.868. The van der Waals surface area contributed by atoms with Gasteiger partial charge in [-0.2, -0.15) is 0 Å². The summed E-state index contributed by atoms with van der Waals surface area (Å²) >= 11 is 0. The standard InChI is InChI=1S/C46H36P2/c1-33-13-6-11-21-44(33)46-34(2)14-12-22-45(46)48(43-30-26-37-18-8-10-20-40(37)32-43)47(42-29-25-36-17-7-9-19-39(36)31-42)41-27-23-38(24-28-41)35-15-4-3-5-16-35/h3-32H,1-2H3. The van der Waals surface area contributed by atoms with Crippen molar-refractivity contribution in [1.82, 2.24) is 0 Å². The van der Waals surface area contributed by atoms with Crippen molar-refractivity contribution in [1.29, 1.82) is 0 Å². The van der Waals surface area contributed by atoms with E-state index in [1.807, 2.05) is 0 Å². The molecule has 0 aromatic heterocycles. The van der Waals surface area contributed by atoms with E-state index in [9.17, 15) is 0 Å². The molecular weight excluding hydrogens is 614 g/mol. The molecule has 0 amide bonds. The fourth-order valence-electron chi connectivity index (χ4n) is 6.82. The van der Waals surface area contributed by atoms with Crippen molar-refractivity contribution in [3.63, 3.8) is 0 Å². The highest BCUT2D eigenvalue weighted by molar-refractivity contribution is 8.41. The third kappa shape index (κ3) is 5.88. The van der Waals surface area contributed by atoms with Crippen molar-refractivity contribution in [3.8, 4) is 22.3 Å². The molecular formula is C46H36P2. The molecule has 8 aromatic carbocycles. The predicted octanol–water partition coefficient (Wildman–Crippen LogP) is 11.4. The second-order valence-electron chi connectivity index (χ2n) is 12.4. The van der Waals surface area contributed by atoms with Crippen LogP contribution in [0.4, 0.5) is 0 Å². The van der Waals surface area contributed by atoms with Crippen molar-refractivity contribution in [2.24, 2.45) is 0 Å². The fraction of sp³-hybridized carbons (Fsp3) is 0.0435. The molecule has 0 saturated carbocycles. The largest absolute Gasteiger partial charge is 0.0622 e. The molecule has 0 heterocycles. The van der Waals surface area contributed by atoms with Gasteiger partial charge in [-0.3, -0.25) is 0 Å². The van der Waals surface area contributed by atoms with Crippen LogP contribution in [0.2, 0.25) is 0 Å². The molecule has 0 nitrogen and oxygen atoms in total. The summed E-state index contributed by atoms with van der Waals surface area (Å²) in [5.41, 5.74) is 7.83. The Kier molecular flexibility index (Phi) is 8.46. The second kappa shape index (κ2) is 13.3. The van der Waals surface area contributed by atoms with E-state index >= 15 is 0 Å². The Hall–Kier alpha value is -4.86. The van der Waals surface area contributed by atoms with Gasteiger partial charge in [0.05, 0.1) is 0 Å². The summed E-state index contributed by atoms with van der Waals surface area (Å²) in [6, 6.07) is 68.0. The van der Waals surface area contributed by atoms with Crippen molar-refractivity contribution in [2.75, 3.05) is 0 Å². The van der Waals surface area contributed by atoms with E-state index < -0.39 is 15.2 Å². The maximum atomic E-state index is 2.47. The Balaban J connectivity index is 1.42. The number of fused-ring (bicyclic) bond motifs is 2. The van der Waals surface area contributed by atoms with Crippen LogP contribution in [0.3, 0.4) is 0 Å². The zero-order chi connectivity index (χ0) is 32.5. The second-order valence-corrected chi connectivity index (χ2v) is 18.1. The van der Waals surface area contributed by atoms with E-state index in [1.54, 1.807) is 0 Å². The maximum Gasteiger partial charge on any atom is -0.00653 e. The van der Waals surface area contributed by atoms with Crippen LogP contribution in [-0.2, 0) is 0 Å². The average Bonchev–Trinajstić information content (AvgIpc) is 3.14. The van der Waals surface area contributed by atoms with Crippen LogP contribution in [0.15, 0.2) is 182 Å². The summed E-state index contributed by atoms with van der Waals surface area (Å²) in [4.78, 5) is 0. The first kappa shape index (κ1) is 30.5. The number of aryl methyl sites for hydroxylation is 2. The molecule has 2 atom stereocenters. The van der Waals surface area contributed by atoms with Crippen molar-refractivity contribution < 1.29 is 0 Å². The lowest BCUT2D eigenvalue weighted by Crippen LogP contribution is -2.22. The Morgan fingerprint density at radius 3 is 1.48 bits per heavy atom. The van der Waals surface area contributed by atoms with Gasteiger partial charge >= 0.3 is 0 Å². The van der Waals surface area contributed by atoms with Gasteiger partial charge in [0, 0.05) is 0 Å². The van der Waals surface area contributed by atoms with Crippen LogP contribution in [0, 0.1) is 13.8 Å².